The fraction of sp³-hybridized carbons (Fsp3) is 0.500. The van der Waals surface area contributed by atoms with E-state index in [4.69, 9.17) is 11.0 Å². The number of rotatable bonds is 2. The van der Waals surface area contributed by atoms with E-state index in [2.05, 4.69) is 16.4 Å². The zero-order valence-corrected chi connectivity index (χ0v) is 9.19. The summed E-state index contributed by atoms with van der Waals surface area (Å²) in [7, 11) is 0. The summed E-state index contributed by atoms with van der Waals surface area (Å²) in [5, 5.41) is 12.1. The topological polar surface area (TPSA) is 74.7 Å². The van der Waals surface area contributed by atoms with Gasteiger partial charge in [-0.05, 0) is 25.0 Å². The van der Waals surface area contributed by atoms with Crippen LogP contribution in [-0.2, 0) is 0 Å². The number of hydrogen-bond donors (Lipinski definition) is 2. The number of nitriles is 1. The van der Waals surface area contributed by atoms with Crippen LogP contribution in [0, 0.1) is 11.3 Å². The van der Waals surface area contributed by atoms with Gasteiger partial charge in [-0.25, -0.2) is 4.98 Å². The number of hydrogen-bond acceptors (Lipinski definition) is 4. The van der Waals surface area contributed by atoms with Gasteiger partial charge < -0.3 is 11.1 Å². The van der Waals surface area contributed by atoms with Crippen LogP contribution in [0.15, 0.2) is 18.3 Å². The number of pyridine rings is 1. The van der Waals surface area contributed by atoms with Crippen molar-refractivity contribution in [3.63, 3.8) is 0 Å². The Bertz CT molecular complexity index is 396. The smallest absolute Gasteiger partial charge is 0.127 e. The Morgan fingerprint density at radius 1 is 1.44 bits per heavy atom. The lowest BCUT2D eigenvalue weighted by molar-refractivity contribution is 0.403. The van der Waals surface area contributed by atoms with Gasteiger partial charge >= 0.3 is 0 Å². The third kappa shape index (κ3) is 2.50. The molecule has 1 saturated carbocycles. The Labute approximate surface area is 95.5 Å². The highest BCUT2D eigenvalue weighted by Crippen LogP contribution is 2.20. The predicted octanol–water partition coefficient (Wildman–Crippen LogP) is 1.64. The molecule has 0 amide bonds. The molecule has 4 nitrogen and oxygen atoms in total. The fourth-order valence-electron chi connectivity index (χ4n) is 2.11. The molecule has 0 aliphatic heterocycles. The minimum absolute atomic E-state index is 0.196. The Morgan fingerprint density at radius 3 is 3.00 bits per heavy atom. The average molecular weight is 216 g/mol. The van der Waals surface area contributed by atoms with Crippen molar-refractivity contribution in [1.82, 2.24) is 4.98 Å². The minimum atomic E-state index is 0.196. The van der Waals surface area contributed by atoms with Crippen LogP contribution >= 0.6 is 0 Å². The van der Waals surface area contributed by atoms with Gasteiger partial charge in [-0.2, -0.15) is 5.26 Å². The van der Waals surface area contributed by atoms with Gasteiger partial charge in [-0.15, -0.1) is 0 Å². The standard InChI is InChI=1S/C12H16N4/c13-8-9-5-6-15-12(7-9)16-11-4-2-1-3-10(11)14/h5-7,10-11H,1-4,14H2,(H,15,16)/t10-,11-/m0/s1. The largest absolute Gasteiger partial charge is 0.366 e. The van der Waals surface area contributed by atoms with E-state index in [-0.39, 0.29) is 12.1 Å². The molecule has 0 spiro atoms. The molecule has 0 bridgehead atoms. The third-order valence-corrected chi connectivity index (χ3v) is 3.04. The zero-order chi connectivity index (χ0) is 11.4. The van der Waals surface area contributed by atoms with E-state index in [0.717, 1.165) is 18.7 Å². The molecule has 1 aliphatic carbocycles. The quantitative estimate of drug-likeness (QED) is 0.788. The first-order valence-electron chi connectivity index (χ1n) is 5.68. The summed E-state index contributed by atoms with van der Waals surface area (Å²) in [6.07, 6.45) is 6.22. The van der Waals surface area contributed by atoms with Crippen molar-refractivity contribution < 1.29 is 0 Å². The van der Waals surface area contributed by atoms with Crippen LogP contribution in [0.1, 0.15) is 31.2 Å². The molecular formula is C12H16N4. The van der Waals surface area contributed by atoms with Gasteiger partial charge in [0, 0.05) is 18.3 Å². The van der Waals surface area contributed by atoms with Crippen LogP contribution in [0.2, 0.25) is 0 Å². The SMILES string of the molecule is N#Cc1ccnc(N[C@H]2CCCC[C@@H]2N)c1. The van der Waals surface area contributed by atoms with Crippen LogP contribution in [-0.4, -0.2) is 17.1 Å². The van der Waals surface area contributed by atoms with Crippen molar-refractivity contribution >= 4 is 5.82 Å². The van der Waals surface area contributed by atoms with E-state index in [1.54, 1.807) is 18.3 Å². The molecule has 2 rings (SSSR count). The highest BCUT2D eigenvalue weighted by molar-refractivity contribution is 5.43. The first kappa shape index (κ1) is 10.9. The summed E-state index contributed by atoms with van der Waals surface area (Å²) < 4.78 is 0. The lowest BCUT2D eigenvalue weighted by atomic mass is 9.91. The molecule has 0 unspecified atom stereocenters. The maximum atomic E-state index is 8.79. The normalized spacial score (nSPS) is 24.8. The zero-order valence-electron chi connectivity index (χ0n) is 9.19. The summed E-state index contributed by atoms with van der Waals surface area (Å²) in [4.78, 5) is 4.20. The van der Waals surface area contributed by atoms with Crippen molar-refractivity contribution in [3.8, 4) is 6.07 Å². The molecule has 1 aromatic heterocycles. The fourth-order valence-corrected chi connectivity index (χ4v) is 2.11. The number of aromatic nitrogens is 1. The molecule has 1 heterocycles. The Balaban J connectivity index is 2.05. The molecular weight excluding hydrogens is 200 g/mol. The molecule has 1 aromatic rings. The second-order valence-corrected chi connectivity index (χ2v) is 4.24. The molecule has 16 heavy (non-hydrogen) atoms. The first-order valence-corrected chi connectivity index (χ1v) is 5.68. The van der Waals surface area contributed by atoms with Gasteiger partial charge in [0.1, 0.15) is 5.82 Å². The highest BCUT2D eigenvalue weighted by Gasteiger charge is 2.21. The predicted molar refractivity (Wildman–Crippen MR) is 62.8 cm³/mol. The molecule has 3 N–H and O–H groups in total. The van der Waals surface area contributed by atoms with E-state index in [0.29, 0.717) is 5.56 Å². The third-order valence-electron chi connectivity index (χ3n) is 3.04. The number of anilines is 1. The Hall–Kier alpha value is -1.60. The Morgan fingerprint density at radius 2 is 2.25 bits per heavy atom. The van der Waals surface area contributed by atoms with E-state index in [1.807, 2.05) is 0 Å². The number of nitrogens with two attached hydrogens (primary N) is 1. The molecule has 1 fully saturated rings. The maximum Gasteiger partial charge on any atom is 0.127 e. The van der Waals surface area contributed by atoms with Crippen LogP contribution in [0.5, 0.6) is 0 Å². The second-order valence-electron chi connectivity index (χ2n) is 4.24. The van der Waals surface area contributed by atoms with E-state index < -0.39 is 0 Å². The van der Waals surface area contributed by atoms with Crippen molar-refractivity contribution in [2.24, 2.45) is 5.73 Å². The van der Waals surface area contributed by atoms with Gasteiger partial charge in [0.2, 0.25) is 0 Å². The van der Waals surface area contributed by atoms with E-state index in [9.17, 15) is 0 Å². The summed E-state index contributed by atoms with van der Waals surface area (Å²) in [6, 6.07) is 6.05. The van der Waals surface area contributed by atoms with Gasteiger partial charge in [0.15, 0.2) is 0 Å². The van der Waals surface area contributed by atoms with Crippen molar-refractivity contribution in [3.05, 3.63) is 23.9 Å². The van der Waals surface area contributed by atoms with Gasteiger partial charge in [0.25, 0.3) is 0 Å². The molecule has 2 atom stereocenters. The van der Waals surface area contributed by atoms with E-state index in [1.165, 1.54) is 12.8 Å². The second kappa shape index (κ2) is 4.95. The lowest BCUT2D eigenvalue weighted by Crippen LogP contribution is -2.42. The van der Waals surface area contributed by atoms with Gasteiger partial charge in [0.05, 0.1) is 11.6 Å². The number of nitrogens with one attached hydrogen (secondary N) is 1. The van der Waals surface area contributed by atoms with Crippen LogP contribution in [0.3, 0.4) is 0 Å². The van der Waals surface area contributed by atoms with Crippen molar-refractivity contribution in [2.45, 2.75) is 37.8 Å². The molecule has 1 aliphatic rings. The van der Waals surface area contributed by atoms with Crippen LogP contribution < -0.4 is 11.1 Å². The van der Waals surface area contributed by atoms with E-state index >= 15 is 0 Å². The van der Waals surface area contributed by atoms with Gasteiger partial charge in [-0.1, -0.05) is 12.8 Å². The average Bonchev–Trinajstić information content (AvgIpc) is 2.32. The summed E-state index contributed by atoms with van der Waals surface area (Å²) in [5.41, 5.74) is 6.67. The molecule has 4 heteroatoms. The summed E-state index contributed by atoms with van der Waals surface area (Å²) in [6.45, 7) is 0. The summed E-state index contributed by atoms with van der Waals surface area (Å²) >= 11 is 0. The maximum absolute atomic E-state index is 8.79. The van der Waals surface area contributed by atoms with Crippen molar-refractivity contribution in [2.75, 3.05) is 5.32 Å². The van der Waals surface area contributed by atoms with Crippen LogP contribution in [0.25, 0.3) is 0 Å². The monoisotopic (exact) mass is 216 g/mol. The molecule has 0 saturated heterocycles. The minimum Gasteiger partial charge on any atom is -0.366 e. The molecule has 0 aromatic carbocycles. The van der Waals surface area contributed by atoms with Crippen molar-refractivity contribution in [1.29, 1.82) is 5.26 Å². The first-order chi connectivity index (χ1) is 7.79. The molecule has 0 radical (unpaired) electrons. The number of nitrogens with zero attached hydrogens (tertiary/aromatic N) is 2. The van der Waals surface area contributed by atoms with Gasteiger partial charge in [-0.3, -0.25) is 0 Å². The summed E-state index contributed by atoms with van der Waals surface area (Å²) in [5.74, 6) is 0.751. The Kier molecular flexibility index (Phi) is 3.37. The highest BCUT2D eigenvalue weighted by atomic mass is 15.0. The molecule has 84 valence electrons. The lowest BCUT2D eigenvalue weighted by Gasteiger charge is -2.29. The van der Waals surface area contributed by atoms with Crippen LogP contribution in [0.4, 0.5) is 5.82 Å².